The zero-order valence-electron chi connectivity index (χ0n) is 22.5. The van der Waals surface area contributed by atoms with Crippen molar-refractivity contribution in [3.8, 4) is 5.75 Å². The summed E-state index contributed by atoms with van der Waals surface area (Å²) < 4.78 is 51.7. The minimum atomic E-state index is -4.54. The highest BCUT2D eigenvalue weighted by molar-refractivity contribution is 6.00. The van der Waals surface area contributed by atoms with E-state index in [1.165, 1.54) is 18.2 Å². The molecule has 1 atom stereocenters. The third-order valence-corrected chi connectivity index (χ3v) is 6.57. The van der Waals surface area contributed by atoms with Crippen LogP contribution in [0.2, 0.25) is 0 Å². The fourth-order valence-electron chi connectivity index (χ4n) is 4.42. The second kappa shape index (κ2) is 13.9. The van der Waals surface area contributed by atoms with Gasteiger partial charge in [0.1, 0.15) is 12.4 Å². The maximum absolute atomic E-state index is 13.6. The molecule has 1 aliphatic heterocycles. The molecule has 0 fully saturated rings. The van der Waals surface area contributed by atoms with Crippen LogP contribution < -0.4 is 15.6 Å². The maximum atomic E-state index is 13.6. The minimum Gasteiger partial charge on any atom is -0.494 e. The normalized spacial score (nSPS) is 16.2. The van der Waals surface area contributed by atoms with E-state index in [9.17, 15) is 18.0 Å². The lowest BCUT2D eigenvalue weighted by Crippen LogP contribution is -2.52. The lowest BCUT2D eigenvalue weighted by Gasteiger charge is -2.24. The van der Waals surface area contributed by atoms with Crippen LogP contribution in [0.5, 0.6) is 5.75 Å². The van der Waals surface area contributed by atoms with E-state index in [2.05, 4.69) is 25.9 Å². The van der Waals surface area contributed by atoms with Gasteiger partial charge in [-0.05, 0) is 52.6 Å². The average Bonchev–Trinajstić information content (AvgIpc) is 3.42. The Morgan fingerprint density at radius 3 is 2.45 bits per heavy atom. The van der Waals surface area contributed by atoms with Gasteiger partial charge in [-0.2, -0.15) is 13.2 Å². The highest BCUT2D eigenvalue weighted by Gasteiger charge is 2.45. The van der Waals surface area contributed by atoms with Gasteiger partial charge in [-0.3, -0.25) is 10.2 Å². The second-order valence-electron chi connectivity index (χ2n) is 9.48. The molecule has 0 radical (unpaired) electrons. The van der Waals surface area contributed by atoms with Gasteiger partial charge in [0, 0.05) is 36.5 Å². The van der Waals surface area contributed by atoms with Gasteiger partial charge < -0.3 is 14.6 Å². The highest BCUT2D eigenvalue weighted by Crippen LogP contribution is 2.32. The number of ether oxygens (including phenoxy) is 2. The van der Waals surface area contributed by atoms with E-state index in [1.54, 1.807) is 48.5 Å². The number of nitrogens with one attached hydrogen (secondary N) is 2. The van der Waals surface area contributed by atoms with Crippen LogP contribution >= 0.6 is 0 Å². The van der Waals surface area contributed by atoms with Crippen molar-refractivity contribution < 1.29 is 32.5 Å². The van der Waals surface area contributed by atoms with Crippen molar-refractivity contribution in [3.05, 3.63) is 111 Å². The van der Waals surface area contributed by atoms with Crippen molar-refractivity contribution in [1.29, 1.82) is 0 Å². The van der Waals surface area contributed by atoms with Crippen molar-refractivity contribution in [2.24, 2.45) is 10.1 Å². The number of hydrazine groups is 1. The molecule has 220 valence electrons. The molecule has 10 nitrogen and oxygen atoms in total. The summed E-state index contributed by atoms with van der Waals surface area (Å²) in [5.41, 5.74) is 13.6. The Hall–Kier alpha value is -4.58. The Bertz CT molecular complexity index is 1460. The molecule has 0 saturated carbocycles. The first-order chi connectivity index (χ1) is 20.3. The number of aliphatic hydroxyl groups excluding tert-OH is 1. The molecule has 1 amide bonds. The Morgan fingerprint density at radius 2 is 1.76 bits per heavy atom. The van der Waals surface area contributed by atoms with Gasteiger partial charge in [-0.1, -0.05) is 47.6 Å². The fraction of sp³-hybridized carbons (Fsp3) is 0.310. The molecule has 4 rings (SSSR count). The number of amides is 1. The molecular weight excluding hydrogens is 553 g/mol. The van der Waals surface area contributed by atoms with Crippen LogP contribution in [0.25, 0.3) is 10.4 Å². The van der Waals surface area contributed by atoms with E-state index in [0.29, 0.717) is 35.5 Å². The number of halogens is 3. The number of azide groups is 1. The monoisotopic (exact) mass is 582 g/mol. The molecule has 0 unspecified atom stereocenters. The van der Waals surface area contributed by atoms with Gasteiger partial charge in [0.25, 0.3) is 5.91 Å². The molecular formula is C29H29F3N6O4. The van der Waals surface area contributed by atoms with E-state index < -0.39 is 23.2 Å². The quantitative estimate of drug-likeness (QED) is 0.0868. The molecule has 42 heavy (non-hydrogen) atoms. The third kappa shape index (κ3) is 7.58. The highest BCUT2D eigenvalue weighted by atomic mass is 19.4. The Morgan fingerprint density at radius 1 is 1.07 bits per heavy atom. The predicted molar refractivity (Wildman–Crippen MR) is 148 cm³/mol. The predicted octanol–water partition coefficient (Wildman–Crippen LogP) is 4.86. The van der Waals surface area contributed by atoms with Crippen molar-refractivity contribution in [2.75, 3.05) is 19.8 Å². The zero-order valence-corrected chi connectivity index (χ0v) is 22.5. The minimum absolute atomic E-state index is 0.0164. The van der Waals surface area contributed by atoms with Crippen LogP contribution in [0, 0.1) is 0 Å². The lowest BCUT2D eigenvalue weighted by atomic mass is 9.89. The van der Waals surface area contributed by atoms with Crippen LogP contribution in [-0.4, -0.2) is 42.3 Å². The van der Waals surface area contributed by atoms with Gasteiger partial charge >= 0.3 is 6.18 Å². The Kier molecular flexibility index (Phi) is 10.0. The summed E-state index contributed by atoms with van der Waals surface area (Å²) in [5, 5.41) is 12.6. The van der Waals surface area contributed by atoms with Crippen LogP contribution in [0.3, 0.4) is 0 Å². The van der Waals surface area contributed by atoms with Gasteiger partial charge in [0.15, 0.2) is 5.54 Å². The number of nitrogens with zero attached hydrogens (tertiary/aromatic N) is 4. The van der Waals surface area contributed by atoms with Crippen molar-refractivity contribution in [3.63, 3.8) is 0 Å². The van der Waals surface area contributed by atoms with E-state index in [4.69, 9.17) is 20.1 Å². The van der Waals surface area contributed by atoms with Crippen molar-refractivity contribution >= 4 is 11.8 Å². The maximum Gasteiger partial charge on any atom is 0.416 e. The van der Waals surface area contributed by atoms with Crippen LogP contribution in [0.15, 0.2) is 82.9 Å². The topological polar surface area (TPSA) is 141 Å². The first kappa shape index (κ1) is 30.4. The molecule has 1 aliphatic rings. The molecule has 0 bridgehead atoms. The summed E-state index contributed by atoms with van der Waals surface area (Å²) in [4.78, 5) is 21.1. The van der Waals surface area contributed by atoms with Crippen LogP contribution in [-0.2, 0) is 35.2 Å². The third-order valence-electron chi connectivity index (χ3n) is 6.57. The Labute approximate surface area is 239 Å². The van der Waals surface area contributed by atoms with Gasteiger partial charge in [-0.15, -0.1) is 0 Å². The second-order valence-corrected chi connectivity index (χ2v) is 9.48. The zero-order chi connectivity index (χ0) is 30.0. The first-order valence-corrected chi connectivity index (χ1v) is 13.1. The largest absolute Gasteiger partial charge is 0.494 e. The first-order valence-electron chi connectivity index (χ1n) is 13.1. The SMILES string of the molecule is [N-]=[N+]=NCc1ccccc1C[C@@]1(C(=O)NNCc2ccccc2C(F)(F)F)COC(c2ccc(OCCCO)cc2)=N1. The van der Waals surface area contributed by atoms with Gasteiger partial charge in [0.05, 0.1) is 18.7 Å². The molecule has 0 spiro atoms. The summed E-state index contributed by atoms with van der Waals surface area (Å²) in [5.74, 6) is 0.191. The smallest absolute Gasteiger partial charge is 0.416 e. The number of hydrogen-bond donors (Lipinski definition) is 3. The van der Waals surface area contributed by atoms with Crippen molar-refractivity contribution in [1.82, 2.24) is 10.9 Å². The number of carbonyl (C=O) groups excluding carboxylic acids is 1. The van der Waals surface area contributed by atoms with Gasteiger partial charge in [0.2, 0.25) is 5.90 Å². The number of hydrogen-bond acceptors (Lipinski definition) is 7. The molecule has 3 N–H and O–H groups in total. The molecule has 0 aromatic heterocycles. The summed E-state index contributed by atoms with van der Waals surface area (Å²) in [6.07, 6.45) is -3.98. The van der Waals surface area contributed by atoms with Crippen molar-refractivity contribution in [2.45, 2.75) is 37.6 Å². The number of aliphatic hydroxyl groups is 1. The molecule has 3 aromatic carbocycles. The Balaban J connectivity index is 1.58. The average molecular weight is 583 g/mol. The fourth-order valence-corrected chi connectivity index (χ4v) is 4.42. The van der Waals surface area contributed by atoms with E-state index in [1.807, 2.05) is 0 Å². The van der Waals surface area contributed by atoms with Crippen LogP contribution in [0.4, 0.5) is 13.2 Å². The number of alkyl halides is 3. The molecule has 3 aromatic rings. The summed E-state index contributed by atoms with van der Waals surface area (Å²) >= 11 is 0. The summed E-state index contributed by atoms with van der Waals surface area (Å²) in [6.45, 7) is 0.0145. The van der Waals surface area contributed by atoms with Gasteiger partial charge in [-0.25, -0.2) is 10.4 Å². The number of benzene rings is 3. The van der Waals surface area contributed by atoms with E-state index >= 15 is 0 Å². The lowest BCUT2D eigenvalue weighted by molar-refractivity contribution is -0.138. The van der Waals surface area contributed by atoms with Crippen LogP contribution in [0.1, 0.15) is 34.2 Å². The molecule has 13 heteroatoms. The molecule has 1 heterocycles. The summed E-state index contributed by atoms with van der Waals surface area (Å²) in [7, 11) is 0. The molecule has 0 saturated heterocycles. The standard InChI is InChI=1S/C29H29F3N6O4/c30-29(31,32)25-9-4-3-8-23(25)18-34-37-27(40)28(16-21-6-1-2-7-22(21)17-35-38-33)19-42-26(36-28)20-10-12-24(13-11-20)41-15-5-14-39/h1-4,6-13,34,39H,5,14-19H2,(H,37,40)/t28-/m0/s1. The summed E-state index contributed by atoms with van der Waals surface area (Å²) in [6, 6.07) is 19.1. The molecule has 0 aliphatic carbocycles. The number of aliphatic imine (C=N–C) groups is 1. The van der Waals surface area contributed by atoms with E-state index in [-0.39, 0.29) is 44.2 Å². The number of rotatable bonds is 13. The van der Waals surface area contributed by atoms with E-state index in [0.717, 1.165) is 6.07 Å². The number of carbonyl (C=O) groups is 1.